The molecule has 0 saturated carbocycles. The first kappa shape index (κ1) is 23.3. The van der Waals surface area contributed by atoms with E-state index in [-0.39, 0.29) is 36.2 Å². The molecule has 2 N–H and O–H groups in total. The van der Waals surface area contributed by atoms with E-state index in [2.05, 4.69) is 31.5 Å². The van der Waals surface area contributed by atoms with E-state index >= 15 is 0 Å². The molecule has 138 valence electrons. The van der Waals surface area contributed by atoms with E-state index in [4.69, 9.17) is 5.11 Å². The monoisotopic (exact) mass is 378 g/mol. The molecule has 7 heteroatoms. The average molecular weight is 378 g/mol. The quantitative estimate of drug-likeness (QED) is 0.454. The van der Waals surface area contributed by atoms with Crippen molar-refractivity contribution in [3.8, 4) is 0 Å². The van der Waals surface area contributed by atoms with Crippen molar-refractivity contribution in [3.63, 3.8) is 0 Å². The van der Waals surface area contributed by atoms with Crippen LogP contribution in [0.15, 0.2) is 65.7 Å². The van der Waals surface area contributed by atoms with Crippen LogP contribution in [0.3, 0.4) is 0 Å². The van der Waals surface area contributed by atoms with Crippen molar-refractivity contribution in [3.05, 3.63) is 71.8 Å². The van der Waals surface area contributed by atoms with Crippen LogP contribution in [-0.2, 0) is 10.3 Å². The summed E-state index contributed by atoms with van der Waals surface area (Å²) in [5, 5.41) is 22.2. The molecule has 1 aliphatic rings. The number of amidine groups is 1. The number of hydrogen-bond acceptors (Lipinski definition) is 4. The van der Waals surface area contributed by atoms with Crippen molar-refractivity contribution >= 4 is 11.9 Å². The third kappa shape index (κ3) is 5.89. The number of carbonyl (C=O) groups is 1. The standard InChI is InChI=1S/C15H12N2O2.C5H14NO.Na/c18-13-15(17-14(19)16-13,11-7-3-1-4-8-11)12-9-5-2-6-10-12;1-6(2,3)4-5-7;/h1-10H,(H2,16,17,18,19);7H,4-5H2,1-3H3;/q;2*+1/p-1. The molecule has 0 radical (unpaired) electrons. The zero-order valence-electron chi connectivity index (χ0n) is 16.3. The molecule has 27 heavy (non-hydrogen) atoms. The Morgan fingerprint density at radius 1 is 1.00 bits per heavy atom. The zero-order valence-corrected chi connectivity index (χ0v) is 18.3. The summed E-state index contributed by atoms with van der Waals surface area (Å²) in [5.41, 5.74) is 0.105. The normalized spacial score (nSPS) is 15.0. The van der Waals surface area contributed by atoms with Crippen LogP contribution in [0.1, 0.15) is 11.1 Å². The van der Waals surface area contributed by atoms with Gasteiger partial charge in [-0.15, -0.1) is 0 Å². The van der Waals surface area contributed by atoms with Gasteiger partial charge < -0.3 is 20.0 Å². The molecule has 0 atom stereocenters. The number of aliphatic hydroxyl groups is 1. The van der Waals surface area contributed by atoms with Gasteiger partial charge in [0.05, 0.1) is 33.8 Å². The fourth-order valence-corrected chi connectivity index (χ4v) is 2.64. The summed E-state index contributed by atoms with van der Waals surface area (Å²) in [5.74, 6) is -0.407. The fourth-order valence-electron chi connectivity index (χ4n) is 2.64. The Hall–Kier alpha value is -1.70. The first-order valence-electron chi connectivity index (χ1n) is 8.40. The number of amides is 1. The number of nitrogens with one attached hydrogen (secondary N) is 1. The van der Waals surface area contributed by atoms with Gasteiger partial charge in [-0.2, -0.15) is 0 Å². The second kappa shape index (κ2) is 10.0. The molecule has 2 aromatic carbocycles. The van der Waals surface area contributed by atoms with Gasteiger partial charge in [-0.05, 0) is 11.1 Å². The van der Waals surface area contributed by atoms with Crippen molar-refractivity contribution < 1.29 is 49.0 Å². The number of rotatable bonds is 4. The van der Waals surface area contributed by atoms with Crippen LogP contribution in [0.5, 0.6) is 0 Å². The van der Waals surface area contributed by atoms with Gasteiger partial charge in [0, 0.05) is 0 Å². The minimum absolute atomic E-state index is 0. The largest absolute Gasteiger partial charge is 1.00 e. The Morgan fingerprint density at radius 3 is 1.70 bits per heavy atom. The zero-order chi connectivity index (χ0) is 19.2. The third-order valence-electron chi connectivity index (χ3n) is 3.97. The molecule has 1 heterocycles. The molecule has 1 amide bonds. The van der Waals surface area contributed by atoms with E-state index in [1.165, 1.54) is 0 Å². The summed E-state index contributed by atoms with van der Waals surface area (Å²) in [7, 11) is 6.16. The van der Waals surface area contributed by atoms with E-state index in [1.54, 1.807) is 24.3 Å². The smallest absolute Gasteiger partial charge is 0.846 e. The number of quaternary nitrogens is 1. The Kier molecular flexibility index (Phi) is 8.65. The van der Waals surface area contributed by atoms with Gasteiger partial charge in [0.15, 0.2) is 5.54 Å². The third-order valence-corrected chi connectivity index (χ3v) is 3.97. The molecule has 0 aliphatic carbocycles. The molecule has 0 aromatic heterocycles. The summed E-state index contributed by atoms with van der Waals surface area (Å²) in [6.45, 7) is 1.11. The first-order chi connectivity index (χ1) is 12.3. The maximum absolute atomic E-state index is 12.3. The number of nitrogens with zero attached hydrogens (tertiary/aromatic N) is 2. The molecular formula is C20H25N3NaO3+. The minimum Gasteiger partial charge on any atom is -0.846 e. The van der Waals surface area contributed by atoms with Crippen molar-refractivity contribution in [2.75, 3.05) is 34.3 Å². The van der Waals surface area contributed by atoms with Crippen LogP contribution in [0.2, 0.25) is 0 Å². The van der Waals surface area contributed by atoms with Crippen molar-refractivity contribution in [2.45, 2.75) is 5.54 Å². The summed E-state index contributed by atoms with van der Waals surface area (Å²) in [6.07, 6.45) is 0. The number of carbonyl (C=O) groups excluding carboxylic acids is 1. The number of aliphatic imine (C=N–C) groups is 1. The second-order valence-corrected chi connectivity index (χ2v) is 7.05. The topological polar surface area (TPSA) is 84.8 Å². The van der Waals surface area contributed by atoms with Gasteiger partial charge >= 0.3 is 29.6 Å². The molecule has 1 aliphatic heterocycles. The Labute approximate surface area is 182 Å². The van der Waals surface area contributed by atoms with Gasteiger partial charge in [-0.25, -0.2) is 0 Å². The van der Waals surface area contributed by atoms with Gasteiger partial charge in [0.2, 0.25) is 0 Å². The molecular weight excluding hydrogens is 353 g/mol. The van der Waals surface area contributed by atoms with Crippen LogP contribution >= 0.6 is 0 Å². The van der Waals surface area contributed by atoms with E-state index in [0.717, 1.165) is 11.0 Å². The molecule has 3 rings (SSSR count). The van der Waals surface area contributed by atoms with Crippen LogP contribution in [0.4, 0.5) is 0 Å². The van der Waals surface area contributed by atoms with Gasteiger partial charge in [-0.1, -0.05) is 60.7 Å². The van der Waals surface area contributed by atoms with Crippen LogP contribution in [0, 0.1) is 0 Å². The molecule has 6 nitrogen and oxygen atoms in total. The van der Waals surface area contributed by atoms with E-state index in [9.17, 15) is 9.90 Å². The van der Waals surface area contributed by atoms with Gasteiger partial charge in [-0.3, -0.25) is 9.79 Å². The number of hydrogen-bond donors (Lipinski definition) is 2. The van der Waals surface area contributed by atoms with Gasteiger partial charge in [0.25, 0.3) is 5.91 Å². The second-order valence-electron chi connectivity index (χ2n) is 7.05. The predicted octanol–water partition coefficient (Wildman–Crippen LogP) is -2.53. The maximum Gasteiger partial charge on any atom is 1.00 e. The van der Waals surface area contributed by atoms with Crippen molar-refractivity contribution in [1.82, 2.24) is 5.32 Å². The molecule has 0 fully saturated rings. The molecule has 2 aromatic rings. The Bertz CT molecular complexity index is 720. The van der Waals surface area contributed by atoms with Crippen LogP contribution < -0.4 is 40.0 Å². The fraction of sp³-hybridized carbons (Fsp3) is 0.300. The van der Waals surface area contributed by atoms with E-state index in [1.807, 2.05) is 36.4 Å². The summed E-state index contributed by atoms with van der Waals surface area (Å²) in [4.78, 5) is 16.3. The van der Waals surface area contributed by atoms with Crippen molar-refractivity contribution in [2.24, 2.45) is 4.99 Å². The first-order valence-corrected chi connectivity index (χ1v) is 8.40. The number of likely N-dealkylation sites (N-methyl/N-ethyl adjacent to an activating group) is 1. The molecule has 0 bridgehead atoms. The summed E-state index contributed by atoms with van der Waals surface area (Å²) < 4.78 is 0.844. The van der Waals surface area contributed by atoms with Gasteiger partial charge in [0.1, 0.15) is 6.54 Å². The Balaban J connectivity index is 0.000000395. The average Bonchev–Trinajstić information content (AvgIpc) is 2.91. The minimum atomic E-state index is -1.26. The van der Waals surface area contributed by atoms with E-state index in [0.29, 0.717) is 11.1 Å². The SMILES string of the molecule is C[N+](C)(C)CCO.O=C1NC([O-])=NC1(c1ccccc1)c1ccccc1.[Na+]. The summed E-state index contributed by atoms with van der Waals surface area (Å²) in [6, 6.07) is 17.6. The molecule has 0 unspecified atom stereocenters. The number of benzene rings is 2. The van der Waals surface area contributed by atoms with E-state index < -0.39 is 17.5 Å². The summed E-state index contributed by atoms with van der Waals surface area (Å²) >= 11 is 0. The Morgan fingerprint density at radius 2 is 1.44 bits per heavy atom. The van der Waals surface area contributed by atoms with Crippen LogP contribution in [-0.4, -0.2) is 55.8 Å². The predicted molar refractivity (Wildman–Crippen MR) is 99.2 cm³/mol. The number of aliphatic hydroxyl groups excluding tert-OH is 1. The molecule has 0 spiro atoms. The van der Waals surface area contributed by atoms with Crippen LogP contribution in [0.25, 0.3) is 0 Å². The maximum atomic E-state index is 12.3. The molecule has 0 saturated heterocycles. The van der Waals surface area contributed by atoms with Crippen molar-refractivity contribution in [1.29, 1.82) is 0 Å².